The van der Waals surface area contributed by atoms with Gasteiger partial charge < -0.3 is 15.5 Å². The molecule has 2 aromatic rings. The van der Waals surface area contributed by atoms with Crippen LogP contribution in [0.5, 0.6) is 0 Å². The Morgan fingerprint density at radius 2 is 2.39 bits per heavy atom. The van der Waals surface area contributed by atoms with Crippen LogP contribution in [-0.4, -0.2) is 10.9 Å². The topological polar surface area (TPSA) is 81.2 Å². The summed E-state index contributed by atoms with van der Waals surface area (Å²) >= 11 is 1.51. The number of aromatic nitrogens is 1. The first kappa shape index (κ1) is 12.8. The summed E-state index contributed by atoms with van der Waals surface area (Å²) in [6.07, 6.45) is 3.13. The van der Waals surface area contributed by atoms with Gasteiger partial charge in [-0.1, -0.05) is 0 Å². The minimum Gasteiger partial charge on any atom is -0.467 e. The van der Waals surface area contributed by atoms with Crippen molar-refractivity contribution in [2.24, 2.45) is 5.73 Å². The number of carbonyl (C=O) groups excluding carboxylic acids is 1. The van der Waals surface area contributed by atoms with E-state index in [-0.39, 0.29) is 12.5 Å². The maximum absolute atomic E-state index is 12.0. The lowest BCUT2D eigenvalue weighted by Gasteiger charge is -2.23. The van der Waals surface area contributed by atoms with Crippen molar-refractivity contribution in [2.75, 3.05) is 0 Å². The SMILES string of the molecule is CC(C)(NC(=O)c1coc(CN)c1)c1nccs1. The van der Waals surface area contributed by atoms with E-state index in [2.05, 4.69) is 10.3 Å². The number of nitrogens with two attached hydrogens (primary N) is 1. The number of hydrogen-bond donors (Lipinski definition) is 2. The molecule has 3 N–H and O–H groups in total. The van der Waals surface area contributed by atoms with Gasteiger partial charge in [-0.05, 0) is 19.9 Å². The van der Waals surface area contributed by atoms with E-state index in [0.717, 1.165) is 5.01 Å². The molecule has 2 aromatic heterocycles. The Hall–Kier alpha value is -1.66. The lowest BCUT2D eigenvalue weighted by Crippen LogP contribution is -2.40. The summed E-state index contributed by atoms with van der Waals surface area (Å²) in [7, 11) is 0. The van der Waals surface area contributed by atoms with Crippen LogP contribution in [-0.2, 0) is 12.1 Å². The second-order valence-corrected chi connectivity index (χ2v) is 5.32. The quantitative estimate of drug-likeness (QED) is 0.884. The van der Waals surface area contributed by atoms with Crippen molar-refractivity contribution in [1.29, 1.82) is 0 Å². The fraction of sp³-hybridized carbons (Fsp3) is 0.333. The van der Waals surface area contributed by atoms with Gasteiger partial charge in [-0.15, -0.1) is 11.3 Å². The molecule has 18 heavy (non-hydrogen) atoms. The normalized spacial score (nSPS) is 11.5. The van der Waals surface area contributed by atoms with E-state index in [4.69, 9.17) is 10.2 Å². The molecule has 0 bridgehead atoms. The molecule has 0 atom stereocenters. The summed E-state index contributed by atoms with van der Waals surface area (Å²) in [5.74, 6) is 0.394. The Bertz CT molecular complexity index is 531. The predicted octanol–water partition coefficient (Wildman–Crippen LogP) is 1.86. The molecule has 2 heterocycles. The first-order chi connectivity index (χ1) is 8.53. The zero-order valence-electron chi connectivity index (χ0n) is 10.3. The Kier molecular flexibility index (Phi) is 3.49. The number of amides is 1. The summed E-state index contributed by atoms with van der Waals surface area (Å²) < 4.78 is 5.14. The van der Waals surface area contributed by atoms with Gasteiger partial charge in [0.15, 0.2) is 0 Å². The van der Waals surface area contributed by atoms with Gasteiger partial charge in [-0.3, -0.25) is 4.79 Å². The first-order valence-electron chi connectivity index (χ1n) is 5.53. The van der Waals surface area contributed by atoms with E-state index in [0.29, 0.717) is 11.3 Å². The van der Waals surface area contributed by atoms with E-state index in [1.54, 1.807) is 12.3 Å². The third kappa shape index (κ3) is 2.60. The van der Waals surface area contributed by atoms with Crippen LogP contribution < -0.4 is 11.1 Å². The van der Waals surface area contributed by atoms with E-state index in [9.17, 15) is 4.79 Å². The summed E-state index contributed by atoms with van der Waals surface area (Å²) in [5.41, 5.74) is 5.40. The average molecular weight is 265 g/mol. The Morgan fingerprint density at radius 1 is 1.61 bits per heavy atom. The smallest absolute Gasteiger partial charge is 0.255 e. The molecule has 6 heteroatoms. The summed E-state index contributed by atoms with van der Waals surface area (Å²) in [4.78, 5) is 16.3. The minimum absolute atomic E-state index is 0.196. The van der Waals surface area contributed by atoms with Crippen molar-refractivity contribution in [3.63, 3.8) is 0 Å². The van der Waals surface area contributed by atoms with Crippen LogP contribution >= 0.6 is 11.3 Å². The standard InChI is InChI=1S/C12H15N3O2S/c1-12(2,11-14-3-4-18-11)15-10(16)8-5-9(6-13)17-7-8/h3-5,7H,6,13H2,1-2H3,(H,15,16). The van der Waals surface area contributed by atoms with E-state index in [1.807, 2.05) is 19.2 Å². The molecule has 96 valence electrons. The second-order valence-electron chi connectivity index (χ2n) is 4.42. The van der Waals surface area contributed by atoms with Gasteiger partial charge >= 0.3 is 0 Å². The predicted molar refractivity (Wildman–Crippen MR) is 69.2 cm³/mol. The van der Waals surface area contributed by atoms with Crippen LogP contribution in [0.4, 0.5) is 0 Å². The monoisotopic (exact) mass is 265 g/mol. The third-order valence-electron chi connectivity index (χ3n) is 2.51. The third-order valence-corrected chi connectivity index (χ3v) is 3.61. The van der Waals surface area contributed by atoms with Crippen LogP contribution in [0, 0.1) is 0 Å². The number of nitrogens with one attached hydrogen (secondary N) is 1. The molecular formula is C12H15N3O2S. The van der Waals surface area contributed by atoms with Crippen LogP contribution in [0.25, 0.3) is 0 Å². The molecule has 0 saturated carbocycles. The second kappa shape index (κ2) is 4.91. The molecule has 0 fully saturated rings. The molecule has 0 aliphatic heterocycles. The van der Waals surface area contributed by atoms with Gasteiger partial charge in [-0.2, -0.15) is 0 Å². The van der Waals surface area contributed by atoms with Crippen molar-refractivity contribution in [3.05, 3.63) is 40.2 Å². The molecule has 5 nitrogen and oxygen atoms in total. The maximum Gasteiger partial charge on any atom is 0.255 e. The van der Waals surface area contributed by atoms with Crippen molar-refractivity contribution < 1.29 is 9.21 Å². The molecule has 0 aliphatic rings. The van der Waals surface area contributed by atoms with Crippen LogP contribution in [0.2, 0.25) is 0 Å². The maximum atomic E-state index is 12.0. The van der Waals surface area contributed by atoms with Gasteiger partial charge in [-0.25, -0.2) is 4.98 Å². The van der Waals surface area contributed by atoms with Gasteiger partial charge in [0.1, 0.15) is 17.0 Å². The number of carbonyl (C=O) groups is 1. The van der Waals surface area contributed by atoms with E-state index >= 15 is 0 Å². The number of rotatable bonds is 4. The number of nitrogens with zero attached hydrogens (tertiary/aromatic N) is 1. The Morgan fingerprint density at radius 3 is 2.94 bits per heavy atom. The summed E-state index contributed by atoms with van der Waals surface area (Å²) in [6.45, 7) is 4.10. The van der Waals surface area contributed by atoms with Gasteiger partial charge in [0.25, 0.3) is 5.91 Å². The van der Waals surface area contributed by atoms with Crippen molar-refractivity contribution in [1.82, 2.24) is 10.3 Å². The molecule has 0 unspecified atom stereocenters. The fourth-order valence-electron chi connectivity index (χ4n) is 1.55. The van der Waals surface area contributed by atoms with Crippen LogP contribution in [0.15, 0.2) is 28.3 Å². The Labute approximate surface area is 109 Å². The highest BCUT2D eigenvalue weighted by atomic mass is 32.1. The molecule has 0 saturated heterocycles. The summed E-state index contributed by atoms with van der Waals surface area (Å²) in [5, 5.41) is 5.66. The number of hydrogen-bond acceptors (Lipinski definition) is 5. The van der Waals surface area contributed by atoms with Crippen LogP contribution in [0.1, 0.15) is 35.0 Å². The van der Waals surface area contributed by atoms with Crippen molar-refractivity contribution >= 4 is 17.2 Å². The number of thiazole rings is 1. The molecular weight excluding hydrogens is 250 g/mol. The van der Waals surface area contributed by atoms with Gasteiger partial charge in [0, 0.05) is 11.6 Å². The minimum atomic E-state index is -0.509. The lowest BCUT2D eigenvalue weighted by molar-refractivity contribution is 0.0911. The molecule has 2 rings (SSSR count). The highest BCUT2D eigenvalue weighted by Crippen LogP contribution is 2.22. The fourth-order valence-corrected chi connectivity index (χ4v) is 2.27. The molecule has 1 amide bonds. The van der Waals surface area contributed by atoms with Gasteiger partial charge in [0.2, 0.25) is 0 Å². The number of furan rings is 1. The van der Waals surface area contributed by atoms with E-state index < -0.39 is 5.54 Å². The van der Waals surface area contributed by atoms with Crippen molar-refractivity contribution in [2.45, 2.75) is 25.9 Å². The van der Waals surface area contributed by atoms with Crippen molar-refractivity contribution in [3.8, 4) is 0 Å². The largest absolute Gasteiger partial charge is 0.467 e. The molecule has 0 spiro atoms. The van der Waals surface area contributed by atoms with Crippen LogP contribution in [0.3, 0.4) is 0 Å². The molecule has 0 aromatic carbocycles. The summed E-state index contributed by atoms with van der Waals surface area (Å²) in [6, 6.07) is 1.65. The molecule has 0 aliphatic carbocycles. The molecule has 0 radical (unpaired) electrons. The first-order valence-corrected chi connectivity index (χ1v) is 6.41. The lowest BCUT2D eigenvalue weighted by atomic mass is 10.1. The Balaban J connectivity index is 2.11. The zero-order valence-corrected chi connectivity index (χ0v) is 11.1. The average Bonchev–Trinajstić information content (AvgIpc) is 3.00. The highest BCUT2D eigenvalue weighted by molar-refractivity contribution is 7.09. The zero-order chi connectivity index (χ0) is 13.2. The van der Waals surface area contributed by atoms with E-state index in [1.165, 1.54) is 17.6 Å². The van der Waals surface area contributed by atoms with Gasteiger partial charge in [0.05, 0.1) is 17.6 Å². The highest BCUT2D eigenvalue weighted by Gasteiger charge is 2.26.